The quantitative estimate of drug-likeness (QED) is 0.369. The molecule has 0 aromatic heterocycles. The molecule has 0 unspecified atom stereocenters. The highest BCUT2D eigenvalue weighted by Gasteiger charge is 1.84. The Morgan fingerprint density at radius 3 is 1.91 bits per heavy atom. The Bertz CT molecular complexity index is 156. The van der Waals surface area contributed by atoms with Crippen LogP contribution in [0.1, 0.15) is 6.92 Å². The van der Waals surface area contributed by atoms with Crippen LogP contribution in [-0.2, 0) is 14.3 Å². The van der Waals surface area contributed by atoms with E-state index in [1.54, 1.807) is 0 Å². The topological polar surface area (TPSA) is 63.6 Å². The molecule has 11 heavy (non-hydrogen) atoms. The Hall–Kier alpha value is -1.58. The number of esters is 1. The van der Waals surface area contributed by atoms with Gasteiger partial charge >= 0.3 is 5.97 Å². The lowest BCUT2D eigenvalue weighted by Crippen LogP contribution is -1.90. The lowest BCUT2D eigenvalue weighted by molar-refractivity contribution is -0.134. The summed E-state index contributed by atoms with van der Waals surface area (Å²) in [5, 5.41) is 7.42. The number of ether oxygens (including phenoxy) is 1. The van der Waals surface area contributed by atoms with Crippen molar-refractivity contribution in [2.45, 2.75) is 6.92 Å². The fraction of sp³-hybridized carbons (Fsp3) is 0.143. The standard InChI is InChI=1S/C5H6O2.C2H4O2/c1-3-5(6)7-4-2;1-2(3)4/h3-4H,1-2H2;1H3,(H,3,4). The highest BCUT2D eigenvalue weighted by molar-refractivity contribution is 5.81. The minimum Gasteiger partial charge on any atom is -0.481 e. The summed E-state index contributed by atoms with van der Waals surface area (Å²) in [6, 6.07) is 0. The van der Waals surface area contributed by atoms with E-state index in [1.165, 1.54) is 0 Å². The molecular weight excluding hydrogens is 148 g/mol. The van der Waals surface area contributed by atoms with Gasteiger partial charge < -0.3 is 9.84 Å². The number of hydrogen-bond acceptors (Lipinski definition) is 3. The number of aliphatic carboxylic acids is 1. The molecule has 0 bridgehead atoms. The largest absolute Gasteiger partial charge is 0.481 e. The van der Waals surface area contributed by atoms with Crippen molar-refractivity contribution in [2.75, 3.05) is 0 Å². The molecule has 0 aliphatic carbocycles. The minimum absolute atomic E-state index is 0.477. The summed E-state index contributed by atoms with van der Waals surface area (Å²) in [6.07, 6.45) is 2.13. The SMILES string of the molecule is C=COC(=O)C=C.CC(=O)O. The number of carboxylic acid groups (broad SMARTS) is 1. The van der Waals surface area contributed by atoms with Crippen molar-refractivity contribution < 1.29 is 19.4 Å². The van der Waals surface area contributed by atoms with Crippen LogP contribution in [-0.4, -0.2) is 17.0 Å². The molecule has 0 amide bonds. The maximum absolute atomic E-state index is 10.0. The molecule has 0 radical (unpaired) electrons. The van der Waals surface area contributed by atoms with Gasteiger partial charge in [0.05, 0.1) is 6.26 Å². The van der Waals surface area contributed by atoms with Crippen molar-refractivity contribution in [2.24, 2.45) is 0 Å². The van der Waals surface area contributed by atoms with E-state index in [4.69, 9.17) is 9.90 Å². The molecule has 0 rings (SSSR count). The van der Waals surface area contributed by atoms with Crippen LogP contribution < -0.4 is 0 Å². The van der Waals surface area contributed by atoms with Gasteiger partial charge in [0.2, 0.25) is 0 Å². The Morgan fingerprint density at radius 1 is 1.45 bits per heavy atom. The van der Waals surface area contributed by atoms with Crippen LogP contribution in [0.3, 0.4) is 0 Å². The van der Waals surface area contributed by atoms with Gasteiger partial charge in [0.15, 0.2) is 0 Å². The molecule has 0 aliphatic rings. The van der Waals surface area contributed by atoms with Crippen LogP contribution in [0.15, 0.2) is 25.5 Å². The third kappa shape index (κ3) is 29.7. The third-order valence-corrected chi connectivity index (χ3v) is 0.366. The van der Waals surface area contributed by atoms with Gasteiger partial charge in [0.1, 0.15) is 0 Å². The maximum Gasteiger partial charge on any atom is 0.334 e. The second-order valence-electron chi connectivity index (χ2n) is 1.33. The van der Waals surface area contributed by atoms with Crippen LogP contribution >= 0.6 is 0 Å². The zero-order valence-corrected chi connectivity index (χ0v) is 6.24. The summed E-state index contributed by atoms with van der Waals surface area (Å²) in [5.74, 6) is -1.31. The molecule has 0 atom stereocenters. The first-order valence-corrected chi connectivity index (χ1v) is 2.68. The molecular formula is C7H10O4. The van der Waals surface area contributed by atoms with Crippen LogP contribution in [0.25, 0.3) is 0 Å². The Morgan fingerprint density at radius 2 is 1.82 bits per heavy atom. The summed E-state index contributed by atoms with van der Waals surface area (Å²) >= 11 is 0. The van der Waals surface area contributed by atoms with Crippen LogP contribution in [0, 0.1) is 0 Å². The Balaban J connectivity index is 0. The molecule has 0 heterocycles. The molecule has 0 aromatic carbocycles. The van der Waals surface area contributed by atoms with Crippen molar-refractivity contribution in [1.29, 1.82) is 0 Å². The van der Waals surface area contributed by atoms with Crippen LogP contribution in [0.2, 0.25) is 0 Å². The number of carbonyl (C=O) groups is 2. The Kier molecular flexibility index (Phi) is 9.29. The van der Waals surface area contributed by atoms with Gasteiger partial charge in [-0.25, -0.2) is 4.79 Å². The summed E-state index contributed by atoms with van der Waals surface area (Å²) in [6.45, 7) is 7.40. The monoisotopic (exact) mass is 158 g/mol. The minimum atomic E-state index is -0.833. The van der Waals surface area contributed by atoms with Gasteiger partial charge in [-0.3, -0.25) is 4.79 Å². The fourth-order valence-corrected chi connectivity index (χ4v) is 0.130. The van der Waals surface area contributed by atoms with Crippen LogP contribution in [0.4, 0.5) is 0 Å². The second kappa shape index (κ2) is 8.42. The third-order valence-electron chi connectivity index (χ3n) is 0.366. The summed E-state index contributed by atoms with van der Waals surface area (Å²) < 4.78 is 4.20. The number of hydrogen-bond donors (Lipinski definition) is 1. The van der Waals surface area contributed by atoms with Gasteiger partial charge in [0, 0.05) is 13.0 Å². The summed E-state index contributed by atoms with van der Waals surface area (Å²) in [4.78, 5) is 19.0. The molecule has 0 fully saturated rings. The average Bonchev–Trinajstić information content (AvgIpc) is 1.87. The first-order valence-electron chi connectivity index (χ1n) is 2.68. The van der Waals surface area contributed by atoms with Gasteiger partial charge in [-0.15, -0.1) is 0 Å². The molecule has 0 spiro atoms. The molecule has 1 N–H and O–H groups in total. The highest BCUT2D eigenvalue weighted by atomic mass is 16.5. The van der Waals surface area contributed by atoms with Gasteiger partial charge in [0.25, 0.3) is 5.97 Å². The van der Waals surface area contributed by atoms with E-state index >= 15 is 0 Å². The van der Waals surface area contributed by atoms with E-state index in [-0.39, 0.29) is 0 Å². The molecule has 0 aliphatic heterocycles. The molecule has 62 valence electrons. The van der Waals surface area contributed by atoms with E-state index < -0.39 is 11.9 Å². The number of carboxylic acids is 1. The van der Waals surface area contributed by atoms with Crippen molar-refractivity contribution in [1.82, 2.24) is 0 Å². The maximum atomic E-state index is 10.0. The van der Waals surface area contributed by atoms with E-state index in [0.717, 1.165) is 19.3 Å². The summed E-state index contributed by atoms with van der Waals surface area (Å²) in [5.41, 5.74) is 0. The molecule has 4 nitrogen and oxygen atoms in total. The predicted molar refractivity (Wildman–Crippen MR) is 39.8 cm³/mol. The van der Waals surface area contributed by atoms with E-state index in [1.807, 2.05) is 0 Å². The van der Waals surface area contributed by atoms with Crippen molar-refractivity contribution in [3.05, 3.63) is 25.5 Å². The van der Waals surface area contributed by atoms with E-state index in [9.17, 15) is 4.79 Å². The molecule has 0 saturated carbocycles. The zero-order valence-electron chi connectivity index (χ0n) is 6.24. The normalized spacial score (nSPS) is 6.64. The van der Waals surface area contributed by atoms with Crippen molar-refractivity contribution in [3.8, 4) is 0 Å². The number of rotatable bonds is 2. The van der Waals surface area contributed by atoms with Crippen LogP contribution in [0.5, 0.6) is 0 Å². The molecule has 0 saturated heterocycles. The molecule has 0 aromatic rings. The average molecular weight is 158 g/mol. The van der Waals surface area contributed by atoms with Gasteiger partial charge in [-0.05, 0) is 0 Å². The van der Waals surface area contributed by atoms with Gasteiger partial charge in [-0.2, -0.15) is 0 Å². The first-order chi connectivity index (χ1) is 5.04. The predicted octanol–water partition coefficient (Wildman–Crippen LogP) is 0.950. The van der Waals surface area contributed by atoms with E-state index in [2.05, 4.69) is 17.9 Å². The van der Waals surface area contributed by atoms with E-state index in [0.29, 0.717) is 0 Å². The fourth-order valence-electron chi connectivity index (χ4n) is 0.130. The van der Waals surface area contributed by atoms with Gasteiger partial charge in [-0.1, -0.05) is 13.2 Å². The smallest absolute Gasteiger partial charge is 0.334 e. The summed E-state index contributed by atoms with van der Waals surface area (Å²) in [7, 11) is 0. The highest BCUT2D eigenvalue weighted by Crippen LogP contribution is 1.75. The van der Waals surface area contributed by atoms with Crippen molar-refractivity contribution in [3.63, 3.8) is 0 Å². The lowest BCUT2D eigenvalue weighted by Gasteiger charge is -1.85. The van der Waals surface area contributed by atoms with Crippen molar-refractivity contribution >= 4 is 11.9 Å². The Labute approximate surface area is 64.8 Å². The zero-order chi connectivity index (χ0) is 9.28. The lowest BCUT2D eigenvalue weighted by atomic mass is 10.7. The number of carbonyl (C=O) groups excluding carboxylic acids is 1. The molecule has 4 heteroatoms. The first kappa shape index (κ1) is 12.1. The second-order valence-corrected chi connectivity index (χ2v) is 1.33.